The SMILES string of the molecule is COC(CCCN1CCSCC1)CCCS(C)(C)C. The molecule has 1 atom stereocenters. The predicted molar refractivity (Wildman–Crippen MR) is 93.3 cm³/mol. The van der Waals surface area contributed by atoms with Crippen LogP contribution in [0.15, 0.2) is 0 Å². The van der Waals surface area contributed by atoms with Crippen molar-refractivity contribution < 1.29 is 4.74 Å². The largest absolute Gasteiger partial charge is 0.381 e. The first-order valence-electron chi connectivity index (χ1n) is 7.50. The summed E-state index contributed by atoms with van der Waals surface area (Å²) in [4.78, 5) is 2.61. The minimum absolute atomic E-state index is 0.332. The summed E-state index contributed by atoms with van der Waals surface area (Å²) in [5.41, 5.74) is 0. The second-order valence-electron chi connectivity index (χ2n) is 6.39. The van der Waals surface area contributed by atoms with Crippen LogP contribution < -0.4 is 0 Å². The average Bonchev–Trinajstić information content (AvgIpc) is 2.37. The Kier molecular flexibility index (Phi) is 8.87. The van der Waals surface area contributed by atoms with Crippen molar-refractivity contribution in [3.8, 4) is 0 Å². The number of nitrogens with zero attached hydrogens (tertiary/aromatic N) is 1. The van der Waals surface area contributed by atoms with E-state index in [1.807, 2.05) is 7.11 Å². The molecule has 0 aromatic rings. The topological polar surface area (TPSA) is 12.5 Å². The van der Waals surface area contributed by atoms with Gasteiger partial charge in [-0.1, -0.05) is 0 Å². The van der Waals surface area contributed by atoms with Crippen molar-refractivity contribution in [1.82, 2.24) is 4.90 Å². The Labute approximate surface area is 126 Å². The van der Waals surface area contributed by atoms with Crippen LogP contribution in [0.4, 0.5) is 0 Å². The van der Waals surface area contributed by atoms with Crippen LogP contribution in [0.1, 0.15) is 25.7 Å². The Balaban J connectivity index is 2.07. The maximum Gasteiger partial charge on any atom is 0.0572 e. The highest BCUT2D eigenvalue weighted by Crippen LogP contribution is 2.35. The van der Waals surface area contributed by atoms with Crippen molar-refractivity contribution >= 4 is 21.8 Å². The highest BCUT2D eigenvalue weighted by molar-refractivity contribution is 8.32. The van der Waals surface area contributed by atoms with Gasteiger partial charge in [0, 0.05) is 31.7 Å². The highest BCUT2D eigenvalue weighted by Gasteiger charge is 2.13. The molecule has 0 N–H and O–H groups in total. The Hall–Kier alpha value is 0.620. The fourth-order valence-corrected chi connectivity index (χ4v) is 4.50. The van der Waals surface area contributed by atoms with E-state index >= 15 is 0 Å². The molecule has 0 radical (unpaired) electrons. The summed E-state index contributed by atoms with van der Waals surface area (Å²) in [6, 6.07) is 0. The van der Waals surface area contributed by atoms with Gasteiger partial charge in [0.05, 0.1) is 6.10 Å². The first-order valence-corrected chi connectivity index (χ1v) is 11.7. The van der Waals surface area contributed by atoms with Crippen molar-refractivity contribution in [1.29, 1.82) is 0 Å². The lowest BCUT2D eigenvalue weighted by Gasteiger charge is -2.27. The maximum absolute atomic E-state index is 5.64. The Morgan fingerprint density at radius 3 is 2.32 bits per heavy atom. The molecule has 1 aliphatic rings. The molecule has 4 heteroatoms. The number of rotatable bonds is 9. The molecule has 1 aliphatic heterocycles. The lowest BCUT2D eigenvalue weighted by Crippen LogP contribution is -2.33. The first kappa shape index (κ1) is 17.7. The van der Waals surface area contributed by atoms with Gasteiger partial charge in [0.25, 0.3) is 0 Å². The van der Waals surface area contributed by atoms with Crippen molar-refractivity contribution in [2.45, 2.75) is 31.8 Å². The monoisotopic (exact) mass is 307 g/mol. The summed E-state index contributed by atoms with van der Waals surface area (Å²) in [6.07, 6.45) is 12.8. The lowest BCUT2D eigenvalue weighted by molar-refractivity contribution is 0.0828. The van der Waals surface area contributed by atoms with E-state index in [9.17, 15) is 0 Å². The van der Waals surface area contributed by atoms with Gasteiger partial charge in [0.2, 0.25) is 0 Å². The van der Waals surface area contributed by atoms with Gasteiger partial charge in [-0.15, -0.1) is 0 Å². The molecule has 19 heavy (non-hydrogen) atoms. The number of hydrogen-bond donors (Lipinski definition) is 0. The van der Waals surface area contributed by atoms with Crippen LogP contribution in [0.3, 0.4) is 0 Å². The predicted octanol–water partition coefficient (Wildman–Crippen LogP) is 3.30. The van der Waals surface area contributed by atoms with Crippen LogP contribution in [0.2, 0.25) is 0 Å². The van der Waals surface area contributed by atoms with Crippen molar-refractivity contribution in [3.63, 3.8) is 0 Å². The van der Waals surface area contributed by atoms with E-state index in [2.05, 4.69) is 35.4 Å². The van der Waals surface area contributed by atoms with Crippen LogP contribution in [0.25, 0.3) is 0 Å². The molecule has 0 bridgehead atoms. The van der Waals surface area contributed by atoms with Gasteiger partial charge in [-0.2, -0.15) is 11.8 Å². The zero-order valence-corrected chi connectivity index (χ0v) is 15.0. The van der Waals surface area contributed by atoms with Crippen molar-refractivity contribution in [2.75, 3.05) is 62.8 Å². The second kappa shape index (κ2) is 9.54. The van der Waals surface area contributed by atoms with Gasteiger partial charge in [0.1, 0.15) is 0 Å². The Bertz CT molecular complexity index is 225. The van der Waals surface area contributed by atoms with Crippen LogP contribution in [0, 0.1) is 0 Å². The smallest absolute Gasteiger partial charge is 0.0572 e. The third kappa shape index (κ3) is 9.22. The van der Waals surface area contributed by atoms with E-state index in [4.69, 9.17) is 4.74 Å². The zero-order chi connectivity index (χ0) is 14.1. The molecule has 0 spiro atoms. The summed E-state index contributed by atoms with van der Waals surface area (Å²) in [5, 5.41) is 0. The minimum atomic E-state index is -0.332. The minimum Gasteiger partial charge on any atom is -0.381 e. The first-order chi connectivity index (χ1) is 9.01. The molecule has 1 saturated heterocycles. The molecule has 1 fully saturated rings. The molecule has 1 rings (SSSR count). The molecular weight excluding hydrogens is 274 g/mol. The number of methoxy groups -OCH3 is 1. The van der Waals surface area contributed by atoms with Crippen LogP contribution >= 0.6 is 21.8 Å². The molecular formula is C15H33NOS2. The normalized spacial score (nSPS) is 20.4. The van der Waals surface area contributed by atoms with E-state index < -0.39 is 0 Å². The van der Waals surface area contributed by atoms with E-state index in [-0.39, 0.29) is 10.0 Å². The number of thioether (sulfide) groups is 1. The molecule has 1 unspecified atom stereocenters. The maximum atomic E-state index is 5.64. The van der Waals surface area contributed by atoms with Gasteiger partial charge in [-0.25, -0.2) is 10.0 Å². The molecule has 0 saturated carbocycles. The Morgan fingerprint density at radius 1 is 1.11 bits per heavy atom. The molecule has 0 aliphatic carbocycles. The van der Waals surface area contributed by atoms with E-state index in [1.165, 1.54) is 62.6 Å². The molecule has 0 aromatic heterocycles. The van der Waals surface area contributed by atoms with Gasteiger partial charge in [-0.05, 0) is 56.7 Å². The third-order valence-electron chi connectivity index (χ3n) is 3.72. The fraction of sp³-hybridized carbons (Fsp3) is 1.00. The van der Waals surface area contributed by atoms with Crippen LogP contribution in [0.5, 0.6) is 0 Å². The van der Waals surface area contributed by atoms with E-state index in [0.29, 0.717) is 6.10 Å². The standard InChI is InChI=1S/C15H33NOS2/c1-17-15(8-6-14-19(2,3)4)7-5-9-16-10-12-18-13-11-16/h15H,5-14H2,1-4H3. The summed E-state index contributed by atoms with van der Waals surface area (Å²) >= 11 is 2.09. The van der Waals surface area contributed by atoms with Gasteiger partial charge in [0.15, 0.2) is 0 Å². The van der Waals surface area contributed by atoms with E-state index in [1.54, 1.807) is 0 Å². The third-order valence-corrected chi connectivity index (χ3v) is 6.18. The average molecular weight is 308 g/mol. The second-order valence-corrected chi connectivity index (χ2v) is 12.2. The molecule has 1 heterocycles. The number of hydrogen-bond acceptors (Lipinski definition) is 3. The molecule has 0 amide bonds. The van der Waals surface area contributed by atoms with Crippen LogP contribution in [-0.2, 0) is 4.74 Å². The van der Waals surface area contributed by atoms with Gasteiger partial charge in [-0.3, -0.25) is 0 Å². The Morgan fingerprint density at radius 2 is 1.74 bits per heavy atom. The summed E-state index contributed by atoms with van der Waals surface area (Å²) in [7, 11) is 1.55. The highest BCUT2D eigenvalue weighted by atomic mass is 32.3. The molecule has 116 valence electrons. The summed E-state index contributed by atoms with van der Waals surface area (Å²) in [5.74, 6) is 4.03. The fourth-order valence-electron chi connectivity index (χ4n) is 2.49. The van der Waals surface area contributed by atoms with Gasteiger partial charge < -0.3 is 9.64 Å². The van der Waals surface area contributed by atoms with Crippen molar-refractivity contribution in [3.05, 3.63) is 0 Å². The number of ether oxygens (including phenoxy) is 1. The van der Waals surface area contributed by atoms with Crippen molar-refractivity contribution in [2.24, 2.45) is 0 Å². The summed E-state index contributed by atoms with van der Waals surface area (Å²) < 4.78 is 5.64. The zero-order valence-electron chi connectivity index (χ0n) is 13.3. The quantitative estimate of drug-likeness (QED) is 0.648. The summed E-state index contributed by atoms with van der Waals surface area (Å²) in [6.45, 7) is 3.84. The van der Waals surface area contributed by atoms with Gasteiger partial charge >= 0.3 is 0 Å². The molecule has 0 aromatic carbocycles. The molecule has 2 nitrogen and oxygen atoms in total. The van der Waals surface area contributed by atoms with E-state index in [0.717, 1.165) is 0 Å². The lowest BCUT2D eigenvalue weighted by atomic mass is 10.1. The van der Waals surface area contributed by atoms with Crippen LogP contribution in [-0.4, -0.2) is 73.8 Å².